The molecule has 6 heterocycles. The number of unbranched alkanes of at least 4 members (excludes halogenated alkanes) is 1. The number of nitrogens with zero attached hydrogens (tertiary/aromatic N) is 6. The van der Waals surface area contributed by atoms with Crippen LogP contribution in [0.25, 0.3) is 21.8 Å². The zero-order valence-electron chi connectivity index (χ0n) is 41.9. The molecule has 14 nitrogen and oxygen atoms in total. The molecule has 4 aliphatic rings. The Morgan fingerprint density at radius 2 is 1.14 bits per heavy atom. The minimum absolute atomic E-state index is 0.201. The summed E-state index contributed by atoms with van der Waals surface area (Å²) in [6.45, 7) is 18.0. The number of Topliss-reactive ketones (excluding diaryl/α,β-unsaturated/α-hetero) is 1. The predicted octanol–water partition coefficient (Wildman–Crippen LogP) is 11.4. The standard InChI is InChI=1S/C31H38ClN3O4.C25H29ClN4O3/c1-3-4-6-24(36)16-23-7-8-25(17-27(23)32)39-30-26-15-22(2)29(18-28(26)33-21-34-30)38-14-5-11-35-12-9-31(10-13-35)19-37-20-31;1-17-11-19-22(28-16-29-24(19)33-18-3-4-21(27)20(26)12-18)13-23(17)32-10-2-7-30-8-5-25(6-9-30)14-31-15-25/h7-8,15,17-18,21H,3-6,9-14,16,19-20H2,1-2H3;3-4,11-13,16H,2,5-10,14-15,27H2,1H3. The molecule has 0 amide bonds. The highest BCUT2D eigenvalue weighted by Gasteiger charge is 2.42. The second kappa shape index (κ2) is 23.7. The Balaban J connectivity index is 0.000000180. The van der Waals surface area contributed by atoms with Crippen molar-refractivity contribution in [2.75, 3.05) is 84.6 Å². The minimum atomic E-state index is 0.201. The molecule has 0 radical (unpaired) electrons. The highest BCUT2D eigenvalue weighted by atomic mass is 35.5. The minimum Gasteiger partial charge on any atom is -0.493 e. The molecule has 72 heavy (non-hydrogen) atoms. The van der Waals surface area contributed by atoms with Gasteiger partial charge in [-0.2, -0.15) is 0 Å². The molecule has 16 heteroatoms. The number of aromatic nitrogens is 4. The van der Waals surface area contributed by atoms with Crippen LogP contribution in [0.4, 0.5) is 5.69 Å². The zero-order valence-corrected chi connectivity index (χ0v) is 43.4. The van der Waals surface area contributed by atoms with Crippen LogP contribution >= 0.6 is 23.2 Å². The first-order valence-electron chi connectivity index (χ1n) is 25.5. The maximum Gasteiger partial charge on any atom is 0.230 e. The number of fused-ring (bicyclic) bond motifs is 2. The van der Waals surface area contributed by atoms with E-state index >= 15 is 0 Å². The van der Waals surface area contributed by atoms with Gasteiger partial charge in [0.05, 0.1) is 72.2 Å². The van der Waals surface area contributed by atoms with Gasteiger partial charge in [-0.25, -0.2) is 19.9 Å². The van der Waals surface area contributed by atoms with Gasteiger partial charge in [-0.05, 0) is 138 Å². The van der Waals surface area contributed by atoms with E-state index in [1.54, 1.807) is 24.3 Å². The van der Waals surface area contributed by atoms with E-state index in [2.05, 4.69) is 36.7 Å². The fourth-order valence-electron chi connectivity index (χ4n) is 9.82. The van der Waals surface area contributed by atoms with Crippen molar-refractivity contribution in [3.63, 3.8) is 0 Å². The fraction of sp³-hybridized carbons (Fsp3) is 0.482. The number of nitrogens with two attached hydrogens (primary N) is 1. The number of carbonyl (C=O) groups excluding carboxylic acids is 1. The van der Waals surface area contributed by atoms with Crippen LogP contribution < -0.4 is 24.7 Å². The average molecular weight is 1020 g/mol. The van der Waals surface area contributed by atoms with E-state index in [0.717, 1.165) is 141 Å². The highest BCUT2D eigenvalue weighted by molar-refractivity contribution is 6.33. The van der Waals surface area contributed by atoms with E-state index in [9.17, 15) is 4.79 Å². The quantitative estimate of drug-likeness (QED) is 0.0604. The van der Waals surface area contributed by atoms with Crippen molar-refractivity contribution in [2.45, 2.75) is 85.0 Å². The number of aryl methyl sites for hydroxylation is 2. The first kappa shape index (κ1) is 51.5. The number of benzene rings is 4. The molecule has 0 atom stereocenters. The molecule has 4 saturated heterocycles. The topological polar surface area (TPSA) is 157 Å². The maximum absolute atomic E-state index is 12.2. The molecule has 382 valence electrons. The van der Waals surface area contributed by atoms with Crippen LogP contribution in [0.5, 0.6) is 34.8 Å². The lowest BCUT2D eigenvalue weighted by Gasteiger charge is -2.47. The number of halogens is 2. The van der Waals surface area contributed by atoms with Gasteiger partial charge >= 0.3 is 0 Å². The number of likely N-dealkylation sites (tertiary alicyclic amines) is 2. The number of ether oxygens (including phenoxy) is 6. The SMILES string of the molecule is CCCCC(=O)Cc1ccc(Oc2ncnc3cc(OCCCN4CCC5(CC4)COC5)c(C)cc23)cc1Cl.Cc1cc2c(Oc3ccc(N)c(Cl)c3)ncnc2cc1OCCCN1CCC2(CC1)COC2. The second-order valence-electron chi connectivity index (χ2n) is 20.2. The Hall–Kier alpha value is -5.35. The third kappa shape index (κ3) is 12.9. The predicted molar refractivity (Wildman–Crippen MR) is 282 cm³/mol. The van der Waals surface area contributed by atoms with E-state index < -0.39 is 0 Å². The average Bonchev–Trinajstić information content (AvgIpc) is 3.36. The van der Waals surface area contributed by atoms with Crippen molar-refractivity contribution in [2.24, 2.45) is 10.8 Å². The summed E-state index contributed by atoms with van der Waals surface area (Å²) in [5, 5.41) is 2.58. The van der Waals surface area contributed by atoms with Crippen molar-refractivity contribution in [1.29, 1.82) is 0 Å². The summed E-state index contributed by atoms with van der Waals surface area (Å²) in [6.07, 6.45) is 12.8. The van der Waals surface area contributed by atoms with Gasteiger partial charge in [0.15, 0.2) is 0 Å². The molecule has 2 spiro atoms. The number of carbonyl (C=O) groups is 1. The smallest absolute Gasteiger partial charge is 0.230 e. The van der Waals surface area contributed by atoms with Crippen molar-refractivity contribution < 1.29 is 33.2 Å². The third-order valence-electron chi connectivity index (χ3n) is 14.6. The second-order valence-corrected chi connectivity index (χ2v) is 21.0. The number of piperidine rings is 2. The van der Waals surface area contributed by atoms with Gasteiger partial charge in [0.2, 0.25) is 11.8 Å². The van der Waals surface area contributed by atoms with E-state index in [4.69, 9.17) is 57.4 Å². The lowest BCUT2D eigenvalue weighted by molar-refractivity contribution is -0.139. The van der Waals surface area contributed by atoms with Crippen molar-refractivity contribution in [3.05, 3.63) is 100 Å². The molecule has 10 rings (SSSR count). The molecule has 2 N–H and O–H groups in total. The Morgan fingerprint density at radius 1 is 0.653 bits per heavy atom. The summed E-state index contributed by atoms with van der Waals surface area (Å²) in [5.41, 5.74) is 11.6. The fourth-order valence-corrected chi connectivity index (χ4v) is 10.2. The number of rotatable bonds is 19. The van der Waals surface area contributed by atoms with Gasteiger partial charge in [-0.3, -0.25) is 4.79 Å². The number of hydrogen-bond donors (Lipinski definition) is 1. The van der Waals surface area contributed by atoms with E-state index in [1.165, 1.54) is 38.3 Å². The van der Waals surface area contributed by atoms with Gasteiger partial charge in [0, 0.05) is 60.0 Å². The molecule has 2 aromatic heterocycles. The Bertz CT molecular complexity index is 2820. The molecule has 0 aliphatic carbocycles. The maximum atomic E-state index is 12.2. The summed E-state index contributed by atoms with van der Waals surface area (Å²) in [7, 11) is 0. The molecule has 0 bridgehead atoms. The lowest BCUT2D eigenvalue weighted by atomic mass is 9.77. The van der Waals surface area contributed by atoms with Gasteiger partial charge in [0.1, 0.15) is 41.4 Å². The summed E-state index contributed by atoms with van der Waals surface area (Å²) >= 11 is 12.6. The first-order chi connectivity index (χ1) is 35.0. The Labute approximate surface area is 432 Å². The molecular weight excluding hydrogens is 954 g/mol. The number of anilines is 1. The molecule has 4 aromatic carbocycles. The third-order valence-corrected chi connectivity index (χ3v) is 15.3. The molecule has 4 fully saturated rings. The summed E-state index contributed by atoms with van der Waals surface area (Å²) in [5.74, 6) is 3.93. The number of ketones is 1. The van der Waals surface area contributed by atoms with Crippen LogP contribution in [-0.2, 0) is 20.7 Å². The monoisotopic (exact) mass is 1020 g/mol. The lowest BCUT2D eigenvalue weighted by Crippen LogP contribution is -2.51. The molecule has 0 saturated carbocycles. The molecule has 4 aliphatic heterocycles. The number of hydrogen-bond acceptors (Lipinski definition) is 14. The zero-order chi connectivity index (χ0) is 50.1. The molecule has 6 aromatic rings. The summed E-state index contributed by atoms with van der Waals surface area (Å²) in [6, 6.07) is 18.5. The van der Waals surface area contributed by atoms with Crippen LogP contribution in [0, 0.1) is 24.7 Å². The highest BCUT2D eigenvalue weighted by Crippen LogP contribution is 2.40. The number of nitrogen functional groups attached to an aromatic ring is 1. The van der Waals surface area contributed by atoms with Crippen molar-refractivity contribution >= 4 is 56.5 Å². The van der Waals surface area contributed by atoms with Crippen LogP contribution in [-0.4, -0.2) is 114 Å². The Kier molecular flexibility index (Phi) is 17.0. The Morgan fingerprint density at radius 3 is 1.58 bits per heavy atom. The van der Waals surface area contributed by atoms with E-state index in [-0.39, 0.29) is 5.78 Å². The van der Waals surface area contributed by atoms with Crippen LogP contribution in [0.15, 0.2) is 73.3 Å². The van der Waals surface area contributed by atoms with Gasteiger partial charge in [-0.1, -0.05) is 42.6 Å². The summed E-state index contributed by atoms with van der Waals surface area (Å²) in [4.78, 5) is 34.8. The van der Waals surface area contributed by atoms with Crippen LogP contribution in [0.1, 0.15) is 81.4 Å². The van der Waals surface area contributed by atoms with Gasteiger partial charge < -0.3 is 44.0 Å². The van der Waals surface area contributed by atoms with Crippen molar-refractivity contribution in [1.82, 2.24) is 29.7 Å². The van der Waals surface area contributed by atoms with Gasteiger partial charge in [-0.15, -0.1) is 0 Å². The molecule has 0 unspecified atom stereocenters. The normalized spacial score (nSPS) is 17.2. The summed E-state index contributed by atoms with van der Waals surface area (Å²) < 4.78 is 35.2. The largest absolute Gasteiger partial charge is 0.493 e. The first-order valence-corrected chi connectivity index (χ1v) is 26.3. The van der Waals surface area contributed by atoms with E-state index in [1.807, 2.05) is 50.2 Å². The van der Waals surface area contributed by atoms with Crippen LogP contribution in [0.3, 0.4) is 0 Å². The van der Waals surface area contributed by atoms with Crippen LogP contribution in [0.2, 0.25) is 10.0 Å². The van der Waals surface area contributed by atoms with Crippen molar-refractivity contribution in [3.8, 4) is 34.8 Å². The van der Waals surface area contributed by atoms with Gasteiger partial charge in [0.25, 0.3) is 0 Å². The van der Waals surface area contributed by atoms with E-state index in [0.29, 0.717) is 75.9 Å². The molecular formula is C56H67Cl2N7O7.